The summed E-state index contributed by atoms with van der Waals surface area (Å²) in [5, 5.41) is 19.6. The van der Waals surface area contributed by atoms with E-state index in [1.165, 1.54) is 7.11 Å². The molecule has 13 heteroatoms. The average Bonchev–Trinajstić information content (AvgIpc) is 3.75. The zero-order valence-electron chi connectivity index (χ0n) is 31.2. The Morgan fingerprint density at radius 2 is 1.94 bits per heavy atom. The van der Waals surface area contributed by atoms with Crippen LogP contribution >= 0.6 is 0 Å². The van der Waals surface area contributed by atoms with Crippen molar-refractivity contribution in [1.29, 1.82) is 0 Å². The van der Waals surface area contributed by atoms with Crippen LogP contribution in [0.1, 0.15) is 68.6 Å². The van der Waals surface area contributed by atoms with Crippen molar-refractivity contribution in [1.82, 2.24) is 25.1 Å². The van der Waals surface area contributed by atoms with Gasteiger partial charge in [0, 0.05) is 49.6 Å². The molecule has 282 valence electrons. The molecule has 12 nitrogen and oxygen atoms in total. The van der Waals surface area contributed by atoms with Crippen LogP contribution in [-0.2, 0) is 20.6 Å². The molecule has 0 spiro atoms. The lowest BCUT2D eigenvalue weighted by molar-refractivity contribution is -0.0204. The fourth-order valence-electron chi connectivity index (χ4n) is 9.12. The second-order valence-electron chi connectivity index (χ2n) is 15.6. The fourth-order valence-corrected chi connectivity index (χ4v) is 9.12. The van der Waals surface area contributed by atoms with Crippen LogP contribution in [0.2, 0.25) is 0 Å². The lowest BCUT2D eigenvalue weighted by Crippen LogP contribution is -2.53. The minimum absolute atomic E-state index is 0.0249. The molecule has 3 aromatic rings. The minimum Gasteiger partial charge on any atom is -0.480 e. The number of fused-ring (bicyclic) bond motifs is 2. The van der Waals surface area contributed by atoms with Crippen LogP contribution in [-0.4, -0.2) is 115 Å². The largest absolute Gasteiger partial charge is 0.480 e. The monoisotopic (exact) mass is 719 g/mol. The highest BCUT2D eigenvalue weighted by atomic mass is 19.1. The number of β-amino-alcohol motifs (C(OH)–C–C–N with tert-alkyl or cyclic N) is 1. The molecular formula is C39H54FN7O5. The van der Waals surface area contributed by atoms with Gasteiger partial charge in [0.15, 0.2) is 0 Å². The minimum atomic E-state index is -1.19. The molecule has 2 N–H and O–H groups in total. The Bertz CT molecular complexity index is 1890. The summed E-state index contributed by atoms with van der Waals surface area (Å²) in [4.78, 5) is 18.5. The van der Waals surface area contributed by atoms with E-state index < -0.39 is 11.4 Å². The number of aromatic nitrogens is 4. The molecule has 1 aliphatic carbocycles. The number of nitrogens with zero attached hydrogens (tertiary/aromatic N) is 6. The van der Waals surface area contributed by atoms with E-state index in [4.69, 9.17) is 28.9 Å². The first kappa shape index (κ1) is 36.7. The number of piperidine rings is 1. The van der Waals surface area contributed by atoms with Crippen LogP contribution in [0, 0.1) is 25.2 Å². The third kappa shape index (κ3) is 7.42. The number of aryl methyl sites for hydroxylation is 1. The van der Waals surface area contributed by atoms with Crippen molar-refractivity contribution in [3.05, 3.63) is 39.5 Å². The van der Waals surface area contributed by atoms with Crippen LogP contribution in [0.15, 0.2) is 17.3 Å². The Balaban J connectivity index is 1.32. The highest BCUT2D eigenvalue weighted by molar-refractivity contribution is 5.85. The molecule has 2 aromatic heterocycles. The number of methoxy groups -OCH3 is 1. The van der Waals surface area contributed by atoms with Gasteiger partial charge in [0.25, 0.3) is 0 Å². The van der Waals surface area contributed by atoms with Crippen molar-refractivity contribution in [3.8, 4) is 6.01 Å². The number of aliphatic imine (C=N–C) groups is 1. The predicted octanol–water partition coefficient (Wildman–Crippen LogP) is 3.73. The third-order valence-electron chi connectivity index (χ3n) is 11.9. The quantitative estimate of drug-likeness (QED) is 0.299. The smallest absolute Gasteiger partial charge is 0.319 e. The van der Waals surface area contributed by atoms with E-state index in [-0.39, 0.29) is 47.4 Å². The Morgan fingerprint density at radius 1 is 1.13 bits per heavy atom. The second-order valence-corrected chi connectivity index (χ2v) is 15.6. The molecule has 5 heterocycles. The van der Waals surface area contributed by atoms with Crippen molar-refractivity contribution in [2.24, 2.45) is 16.3 Å². The van der Waals surface area contributed by atoms with Crippen molar-refractivity contribution in [2.45, 2.75) is 83.8 Å². The molecule has 3 atom stereocenters. The SMILES string of the molecule is C=N/C(OC)=c1/c(N2CCOCC(C)(O)C2)nc(OCC23CCCC2N(CC2CCOCC2)CCC3)n/c1=C(\F)Cc1c(C)c(C)cc2[nH]ncc12. The molecular weight excluding hydrogens is 665 g/mol. The molecule has 4 fully saturated rings. The van der Waals surface area contributed by atoms with Gasteiger partial charge in [-0.3, -0.25) is 10.00 Å². The van der Waals surface area contributed by atoms with Gasteiger partial charge in [0.05, 0.1) is 45.2 Å². The number of aliphatic hydroxyl groups is 1. The highest BCUT2D eigenvalue weighted by Gasteiger charge is 2.49. The number of nitrogens with one attached hydrogen (secondary N) is 1. The summed E-state index contributed by atoms with van der Waals surface area (Å²) in [5.41, 5.74) is 2.43. The van der Waals surface area contributed by atoms with Crippen LogP contribution in [0.5, 0.6) is 6.01 Å². The fraction of sp³-hybridized carbons (Fsp3) is 0.641. The van der Waals surface area contributed by atoms with Crippen LogP contribution in [0.3, 0.4) is 0 Å². The molecule has 0 radical (unpaired) electrons. The predicted molar refractivity (Wildman–Crippen MR) is 199 cm³/mol. The summed E-state index contributed by atoms with van der Waals surface area (Å²) in [7, 11) is 1.47. The first-order valence-corrected chi connectivity index (χ1v) is 18.8. The maximum absolute atomic E-state index is 17.2. The Morgan fingerprint density at radius 3 is 2.73 bits per heavy atom. The number of likely N-dealkylation sites (tertiary alicyclic amines) is 1. The van der Waals surface area contributed by atoms with Gasteiger partial charge in [0.1, 0.15) is 27.8 Å². The molecule has 4 aliphatic rings. The number of ether oxygens (including phenoxy) is 4. The molecule has 3 aliphatic heterocycles. The summed E-state index contributed by atoms with van der Waals surface area (Å²) in [6, 6.07) is 2.53. The zero-order valence-corrected chi connectivity index (χ0v) is 31.2. The lowest BCUT2D eigenvalue weighted by atomic mass is 9.75. The normalized spacial score (nSPS) is 27.3. The van der Waals surface area contributed by atoms with Crippen LogP contribution in [0.25, 0.3) is 22.6 Å². The maximum atomic E-state index is 17.2. The number of rotatable bonds is 10. The summed E-state index contributed by atoms with van der Waals surface area (Å²) in [6.07, 6.45) is 9.46. The first-order valence-electron chi connectivity index (χ1n) is 18.8. The Hall–Kier alpha value is -3.65. The maximum Gasteiger partial charge on any atom is 0.319 e. The third-order valence-corrected chi connectivity index (χ3v) is 11.9. The van der Waals surface area contributed by atoms with Crippen molar-refractivity contribution < 1.29 is 28.4 Å². The van der Waals surface area contributed by atoms with Crippen molar-refractivity contribution >= 4 is 35.1 Å². The number of aromatic amines is 1. The standard InChI is InChI=1S/C39H54FN7O5/c1-25-18-31-29(20-42-45-31)28(26(25)2)19-30(40)34-33(36(41-4)49-5)35(47-14-17-51-23-38(3,48)22-47)44-37(43-34)52-24-39-11-6-8-32(39)46(13-7-12-39)21-27-9-15-50-16-10-27/h18,20,27,32,48H,4,6-17,19,21-24H2,1-3,5H3,(H,42,45)/b34-30-,36-33-. The topological polar surface area (TPSA) is 130 Å². The number of benzene rings is 1. The zero-order chi connectivity index (χ0) is 36.5. The number of halogens is 1. The van der Waals surface area contributed by atoms with E-state index in [0.29, 0.717) is 37.5 Å². The van der Waals surface area contributed by atoms with Gasteiger partial charge in [-0.2, -0.15) is 15.1 Å². The van der Waals surface area contributed by atoms with Gasteiger partial charge < -0.3 is 29.0 Å². The summed E-state index contributed by atoms with van der Waals surface area (Å²) >= 11 is 0. The van der Waals surface area contributed by atoms with Crippen molar-refractivity contribution in [2.75, 3.05) is 71.2 Å². The average molecular weight is 720 g/mol. The second kappa shape index (κ2) is 15.4. The van der Waals surface area contributed by atoms with Gasteiger partial charge in [0.2, 0.25) is 5.88 Å². The summed E-state index contributed by atoms with van der Waals surface area (Å²) < 4.78 is 41.0. The van der Waals surface area contributed by atoms with Crippen molar-refractivity contribution in [3.63, 3.8) is 0 Å². The summed E-state index contributed by atoms with van der Waals surface area (Å²) in [6.45, 7) is 14.9. The van der Waals surface area contributed by atoms with Crippen LogP contribution < -0.4 is 20.2 Å². The number of hydrogen-bond donors (Lipinski definition) is 2. The molecule has 7 rings (SSSR count). The Labute approximate surface area is 305 Å². The molecule has 3 unspecified atom stereocenters. The van der Waals surface area contributed by atoms with Gasteiger partial charge in [-0.15, -0.1) is 0 Å². The number of H-pyrrole nitrogens is 1. The molecule has 3 saturated heterocycles. The van der Waals surface area contributed by atoms with Gasteiger partial charge in [-0.05, 0) is 101 Å². The first-order chi connectivity index (χ1) is 25.1. The lowest BCUT2D eigenvalue weighted by Gasteiger charge is -2.47. The molecule has 1 saturated carbocycles. The van der Waals surface area contributed by atoms with E-state index in [9.17, 15) is 5.11 Å². The molecule has 0 amide bonds. The van der Waals surface area contributed by atoms with Gasteiger partial charge in [-0.25, -0.2) is 9.38 Å². The van der Waals surface area contributed by atoms with E-state index in [0.717, 1.165) is 98.8 Å². The van der Waals surface area contributed by atoms with Gasteiger partial charge >= 0.3 is 6.01 Å². The number of hydrogen-bond acceptors (Lipinski definition) is 11. The van der Waals surface area contributed by atoms with E-state index in [1.54, 1.807) is 13.1 Å². The number of anilines is 1. The van der Waals surface area contributed by atoms with E-state index >= 15 is 4.39 Å². The van der Waals surface area contributed by atoms with E-state index in [1.807, 2.05) is 24.8 Å². The molecule has 52 heavy (non-hydrogen) atoms. The Kier molecular flexibility index (Phi) is 10.8. The van der Waals surface area contributed by atoms with Gasteiger partial charge in [-0.1, -0.05) is 6.42 Å². The van der Waals surface area contributed by atoms with Crippen LogP contribution in [0.4, 0.5) is 10.2 Å². The summed E-state index contributed by atoms with van der Waals surface area (Å²) in [5.74, 6) is 0.597. The molecule has 1 aromatic carbocycles. The van der Waals surface area contributed by atoms with E-state index in [2.05, 4.69) is 26.8 Å². The highest BCUT2D eigenvalue weighted by Crippen LogP contribution is 2.48. The molecule has 0 bridgehead atoms.